The van der Waals surface area contributed by atoms with Gasteiger partial charge in [-0.15, -0.1) is 0 Å². The van der Waals surface area contributed by atoms with E-state index in [-0.39, 0.29) is 0 Å². The Hall–Kier alpha value is -1.60. The molecular formula is C12H13N3O. The zero-order valence-electron chi connectivity index (χ0n) is 8.89. The molecule has 0 radical (unpaired) electrons. The van der Waals surface area contributed by atoms with Crippen LogP contribution in [0.1, 0.15) is 24.8 Å². The first-order valence-corrected chi connectivity index (χ1v) is 5.63. The first-order valence-electron chi connectivity index (χ1n) is 5.63. The molecule has 0 aromatic carbocycles. The number of rotatable bonds is 2. The van der Waals surface area contributed by atoms with Gasteiger partial charge in [0, 0.05) is 6.20 Å². The molecule has 2 aliphatic heterocycles. The summed E-state index contributed by atoms with van der Waals surface area (Å²) in [5.74, 6) is 0.833. The molecule has 0 unspecified atom stereocenters. The van der Waals surface area contributed by atoms with Crippen molar-refractivity contribution < 1.29 is 4.74 Å². The van der Waals surface area contributed by atoms with Crippen molar-refractivity contribution in [1.82, 2.24) is 4.98 Å². The molecule has 0 aliphatic carbocycles. The van der Waals surface area contributed by atoms with Crippen LogP contribution in [0.3, 0.4) is 0 Å². The van der Waals surface area contributed by atoms with Crippen LogP contribution < -0.4 is 5.32 Å². The molecule has 2 bridgehead atoms. The Morgan fingerprint density at radius 2 is 2.38 bits per heavy atom. The van der Waals surface area contributed by atoms with Crippen LogP contribution in [0.2, 0.25) is 0 Å². The molecular weight excluding hydrogens is 202 g/mol. The Morgan fingerprint density at radius 1 is 1.44 bits per heavy atom. The summed E-state index contributed by atoms with van der Waals surface area (Å²) < 4.78 is 5.76. The van der Waals surface area contributed by atoms with Crippen LogP contribution in [0.4, 0.5) is 5.82 Å². The molecule has 2 saturated heterocycles. The highest BCUT2D eigenvalue weighted by Crippen LogP contribution is 2.35. The number of ether oxygens (including phenoxy) is 1. The summed E-state index contributed by atoms with van der Waals surface area (Å²) in [4.78, 5) is 4.21. The van der Waals surface area contributed by atoms with Crippen molar-refractivity contribution in [2.45, 2.75) is 37.5 Å². The summed E-state index contributed by atoms with van der Waals surface area (Å²) in [5, 5.41) is 12.0. The Balaban J connectivity index is 1.68. The van der Waals surface area contributed by atoms with Gasteiger partial charge in [0.2, 0.25) is 0 Å². The van der Waals surface area contributed by atoms with Crippen LogP contribution in [-0.2, 0) is 4.74 Å². The van der Waals surface area contributed by atoms with E-state index in [1.54, 1.807) is 12.3 Å². The highest BCUT2D eigenvalue weighted by Gasteiger charge is 2.40. The minimum atomic E-state index is 0.349. The second-order valence-corrected chi connectivity index (χ2v) is 4.40. The van der Waals surface area contributed by atoms with E-state index in [1.807, 2.05) is 6.07 Å². The normalized spacial score (nSPS) is 31.3. The third-order valence-electron chi connectivity index (χ3n) is 3.33. The lowest BCUT2D eigenvalue weighted by molar-refractivity contribution is 0.102. The van der Waals surface area contributed by atoms with Crippen molar-refractivity contribution in [3.8, 4) is 6.07 Å². The number of nitriles is 1. The maximum absolute atomic E-state index is 8.67. The van der Waals surface area contributed by atoms with Crippen molar-refractivity contribution in [2.75, 3.05) is 5.32 Å². The van der Waals surface area contributed by atoms with Crippen molar-refractivity contribution in [1.29, 1.82) is 5.26 Å². The highest BCUT2D eigenvalue weighted by molar-refractivity contribution is 5.40. The first-order chi connectivity index (χ1) is 7.85. The first kappa shape index (κ1) is 9.61. The maximum Gasteiger partial charge on any atom is 0.126 e. The Bertz CT molecular complexity index is 423. The molecule has 1 aromatic rings. The van der Waals surface area contributed by atoms with Crippen LogP contribution >= 0.6 is 0 Å². The zero-order valence-corrected chi connectivity index (χ0v) is 8.89. The van der Waals surface area contributed by atoms with E-state index in [1.165, 1.54) is 6.42 Å². The summed E-state index contributed by atoms with van der Waals surface area (Å²) in [6.45, 7) is 0. The van der Waals surface area contributed by atoms with Crippen LogP contribution in [0.5, 0.6) is 0 Å². The summed E-state index contributed by atoms with van der Waals surface area (Å²) in [5.41, 5.74) is 0.592. The Morgan fingerprint density at radius 3 is 2.94 bits per heavy atom. The smallest absolute Gasteiger partial charge is 0.126 e. The van der Waals surface area contributed by atoms with Crippen LogP contribution in [0, 0.1) is 11.3 Å². The van der Waals surface area contributed by atoms with Gasteiger partial charge in [0.05, 0.1) is 23.8 Å². The SMILES string of the molecule is N#Cc1ccc(N[C@H]2C[C@H]3CC[C@@H]2O3)nc1. The third kappa shape index (κ3) is 1.63. The van der Waals surface area contributed by atoms with E-state index < -0.39 is 0 Å². The second kappa shape index (κ2) is 3.76. The molecule has 82 valence electrons. The average molecular weight is 215 g/mol. The van der Waals surface area contributed by atoms with E-state index >= 15 is 0 Å². The van der Waals surface area contributed by atoms with Crippen molar-refractivity contribution in [3.63, 3.8) is 0 Å². The van der Waals surface area contributed by atoms with Crippen molar-refractivity contribution in [2.24, 2.45) is 0 Å². The molecule has 0 saturated carbocycles. The molecule has 3 atom stereocenters. The van der Waals surface area contributed by atoms with Crippen LogP contribution in [0.25, 0.3) is 0 Å². The molecule has 4 heteroatoms. The molecule has 1 N–H and O–H groups in total. The standard InChI is InChI=1S/C12H13N3O/c13-6-8-1-4-12(14-7-8)15-10-5-9-2-3-11(10)16-9/h1,4,7,9-11H,2-3,5H2,(H,14,15)/t9-,10+,11+/m1/s1. The maximum atomic E-state index is 8.67. The van der Waals surface area contributed by atoms with Crippen molar-refractivity contribution in [3.05, 3.63) is 23.9 Å². The van der Waals surface area contributed by atoms with Gasteiger partial charge in [0.1, 0.15) is 11.9 Å². The molecule has 0 amide bonds. The van der Waals surface area contributed by atoms with E-state index in [9.17, 15) is 0 Å². The number of hydrogen-bond donors (Lipinski definition) is 1. The lowest BCUT2D eigenvalue weighted by atomic mass is 9.95. The fourth-order valence-corrected chi connectivity index (χ4v) is 2.53. The average Bonchev–Trinajstić information content (AvgIpc) is 2.92. The summed E-state index contributed by atoms with van der Waals surface area (Å²) >= 11 is 0. The van der Waals surface area contributed by atoms with Gasteiger partial charge >= 0.3 is 0 Å². The Kier molecular flexibility index (Phi) is 2.26. The summed E-state index contributed by atoms with van der Waals surface area (Å²) in [7, 11) is 0. The molecule has 3 heterocycles. The number of hydrogen-bond acceptors (Lipinski definition) is 4. The van der Waals surface area contributed by atoms with Gasteiger partial charge in [-0.3, -0.25) is 0 Å². The predicted octanol–water partition coefficient (Wildman–Crippen LogP) is 1.69. The lowest BCUT2D eigenvalue weighted by Gasteiger charge is -2.20. The van der Waals surface area contributed by atoms with Gasteiger partial charge in [0.15, 0.2) is 0 Å². The number of fused-ring (bicyclic) bond motifs is 2. The number of anilines is 1. The molecule has 2 aliphatic rings. The predicted molar refractivity (Wildman–Crippen MR) is 58.9 cm³/mol. The van der Waals surface area contributed by atoms with Crippen molar-refractivity contribution >= 4 is 5.82 Å². The van der Waals surface area contributed by atoms with E-state index in [2.05, 4.69) is 16.4 Å². The molecule has 4 nitrogen and oxygen atoms in total. The fourth-order valence-electron chi connectivity index (χ4n) is 2.53. The van der Waals surface area contributed by atoms with Gasteiger partial charge in [-0.1, -0.05) is 0 Å². The minimum absolute atomic E-state index is 0.349. The van der Waals surface area contributed by atoms with Gasteiger partial charge in [-0.2, -0.15) is 5.26 Å². The largest absolute Gasteiger partial charge is 0.373 e. The highest BCUT2D eigenvalue weighted by atomic mass is 16.5. The van der Waals surface area contributed by atoms with Crippen LogP contribution in [0.15, 0.2) is 18.3 Å². The summed E-state index contributed by atoms with van der Waals surface area (Å²) in [6, 6.07) is 6.08. The molecule has 3 rings (SSSR count). The van der Waals surface area contributed by atoms with E-state index in [4.69, 9.17) is 10.00 Å². The minimum Gasteiger partial charge on any atom is -0.373 e. The third-order valence-corrected chi connectivity index (χ3v) is 3.33. The molecule has 0 spiro atoms. The quantitative estimate of drug-likeness (QED) is 0.815. The molecule has 2 fully saturated rings. The lowest BCUT2D eigenvalue weighted by Crippen LogP contribution is -2.30. The fraction of sp³-hybridized carbons (Fsp3) is 0.500. The van der Waals surface area contributed by atoms with E-state index in [0.29, 0.717) is 23.8 Å². The zero-order chi connectivity index (χ0) is 11.0. The topological polar surface area (TPSA) is 57.9 Å². The molecule has 1 aromatic heterocycles. The van der Waals surface area contributed by atoms with E-state index in [0.717, 1.165) is 18.7 Å². The van der Waals surface area contributed by atoms with Crippen LogP contribution in [-0.4, -0.2) is 23.2 Å². The number of aromatic nitrogens is 1. The van der Waals surface area contributed by atoms with Gasteiger partial charge in [0.25, 0.3) is 0 Å². The summed E-state index contributed by atoms with van der Waals surface area (Å²) in [6.07, 6.45) is 5.81. The molecule has 16 heavy (non-hydrogen) atoms. The second-order valence-electron chi connectivity index (χ2n) is 4.40. The number of nitrogens with one attached hydrogen (secondary N) is 1. The number of nitrogens with zero attached hydrogens (tertiary/aromatic N) is 2. The monoisotopic (exact) mass is 215 g/mol. The van der Waals surface area contributed by atoms with Gasteiger partial charge < -0.3 is 10.1 Å². The Labute approximate surface area is 94.2 Å². The van der Waals surface area contributed by atoms with Gasteiger partial charge in [-0.25, -0.2) is 4.98 Å². The number of pyridine rings is 1. The van der Waals surface area contributed by atoms with Gasteiger partial charge in [-0.05, 0) is 31.4 Å².